The Hall–Kier alpha value is -1.17. The molecule has 0 spiro atoms. The molecule has 0 aliphatic carbocycles. The normalized spacial score (nSPS) is 19.8. The van der Waals surface area contributed by atoms with Crippen LogP contribution in [0.1, 0.15) is 36.5 Å². The number of likely N-dealkylation sites (tertiary alicyclic amines) is 1. The molecule has 1 heterocycles. The van der Waals surface area contributed by atoms with Gasteiger partial charge in [-0.1, -0.05) is 0 Å². The third-order valence-corrected chi connectivity index (χ3v) is 3.95. The number of nitrogens with zero attached hydrogens (tertiary/aromatic N) is 1. The summed E-state index contributed by atoms with van der Waals surface area (Å²) in [5.74, 6) is -0.614. The molecular formula is C15H18F5N. The summed E-state index contributed by atoms with van der Waals surface area (Å²) in [5, 5.41) is 0. The number of rotatable bonds is 2. The van der Waals surface area contributed by atoms with E-state index in [1.54, 1.807) is 4.90 Å². The van der Waals surface area contributed by atoms with Crippen LogP contribution in [-0.2, 0) is 12.7 Å². The zero-order chi connectivity index (χ0) is 15.8. The fourth-order valence-corrected chi connectivity index (χ4v) is 2.54. The predicted octanol–water partition coefficient (Wildman–Crippen LogP) is 4.48. The van der Waals surface area contributed by atoms with Gasteiger partial charge in [0.05, 0.1) is 5.56 Å². The molecule has 1 aliphatic heterocycles. The summed E-state index contributed by atoms with van der Waals surface area (Å²) in [7, 11) is 0. The molecule has 0 aromatic heterocycles. The van der Waals surface area contributed by atoms with Crippen molar-refractivity contribution in [3.63, 3.8) is 0 Å². The van der Waals surface area contributed by atoms with Crippen molar-refractivity contribution < 1.29 is 22.0 Å². The van der Waals surface area contributed by atoms with Crippen molar-refractivity contribution in [2.24, 2.45) is 0 Å². The third kappa shape index (κ3) is 3.93. The smallest absolute Gasteiger partial charge is 0.299 e. The molecule has 1 fully saturated rings. The highest BCUT2D eigenvalue weighted by Gasteiger charge is 2.33. The Morgan fingerprint density at radius 3 is 2.29 bits per heavy atom. The average Bonchev–Trinajstić information content (AvgIpc) is 2.35. The molecular weight excluding hydrogens is 289 g/mol. The second-order valence-corrected chi connectivity index (χ2v) is 5.95. The van der Waals surface area contributed by atoms with Crippen LogP contribution in [0.4, 0.5) is 22.0 Å². The molecule has 0 unspecified atom stereocenters. The molecule has 21 heavy (non-hydrogen) atoms. The molecule has 2 rings (SSSR count). The Morgan fingerprint density at radius 1 is 1.19 bits per heavy atom. The van der Waals surface area contributed by atoms with Crippen LogP contribution in [0, 0.1) is 12.7 Å². The Balaban J connectivity index is 2.18. The van der Waals surface area contributed by atoms with Crippen LogP contribution >= 0.6 is 0 Å². The van der Waals surface area contributed by atoms with Gasteiger partial charge in [0.1, 0.15) is 11.5 Å². The molecule has 1 aliphatic rings. The number of benzene rings is 1. The fraction of sp³-hybridized carbons (Fsp3) is 0.600. The van der Waals surface area contributed by atoms with E-state index in [2.05, 4.69) is 0 Å². The quantitative estimate of drug-likeness (QED) is 0.728. The molecule has 6 heteroatoms. The van der Waals surface area contributed by atoms with Crippen molar-refractivity contribution in [1.29, 1.82) is 0 Å². The zero-order valence-corrected chi connectivity index (χ0v) is 12.0. The number of alkyl halides is 4. The number of hydrogen-bond acceptors (Lipinski definition) is 1. The highest BCUT2D eigenvalue weighted by Crippen LogP contribution is 2.33. The number of halogens is 5. The van der Waals surface area contributed by atoms with Crippen molar-refractivity contribution in [3.8, 4) is 0 Å². The second-order valence-electron chi connectivity index (χ2n) is 5.95. The van der Waals surface area contributed by atoms with E-state index in [9.17, 15) is 22.0 Å². The summed E-state index contributed by atoms with van der Waals surface area (Å²) in [6, 6.07) is 1.67. The van der Waals surface area contributed by atoms with Crippen molar-refractivity contribution in [1.82, 2.24) is 4.90 Å². The maximum atomic E-state index is 14.0. The van der Waals surface area contributed by atoms with Crippen LogP contribution in [0.25, 0.3) is 0 Å². The monoisotopic (exact) mass is 307 g/mol. The molecule has 0 N–H and O–H groups in total. The number of aryl methyl sites for hydroxylation is 1. The topological polar surface area (TPSA) is 3.24 Å². The summed E-state index contributed by atoms with van der Waals surface area (Å²) in [6.07, 6.45) is -3.87. The summed E-state index contributed by atoms with van der Waals surface area (Å²) in [4.78, 5) is 1.79. The molecule has 1 aromatic carbocycles. The lowest BCUT2D eigenvalue weighted by Gasteiger charge is -2.34. The van der Waals surface area contributed by atoms with Crippen molar-refractivity contribution >= 4 is 0 Å². The fourth-order valence-electron chi connectivity index (χ4n) is 2.54. The van der Waals surface area contributed by atoms with Gasteiger partial charge in [-0.25, -0.2) is 8.78 Å². The van der Waals surface area contributed by atoms with E-state index >= 15 is 0 Å². The Morgan fingerprint density at radius 2 is 1.76 bits per heavy atom. The van der Waals surface area contributed by atoms with Gasteiger partial charge in [-0.05, 0) is 44.4 Å². The van der Waals surface area contributed by atoms with Crippen LogP contribution in [0.5, 0.6) is 0 Å². The van der Waals surface area contributed by atoms with Gasteiger partial charge in [0.25, 0.3) is 0 Å². The van der Waals surface area contributed by atoms with E-state index in [-0.39, 0.29) is 17.7 Å². The van der Waals surface area contributed by atoms with Gasteiger partial charge in [-0.3, -0.25) is 4.90 Å². The first-order chi connectivity index (χ1) is 9.58. The van der Waals surface area contributed by atoms with E-state index in [1.807, 2.05) is 0 Å². The molecule has 118 valence electrons. The zero-order valence-electron chi connectivity index (χ0n) is 12.0. The standard InChI is InChI=1S/C15H18F5N/c1-10-7-12(15(18,19)20)8-11(13(10)16)9-21-5-3-14(2,17)4-6-21/h7-8H,3-6,9H2,1-2H3. The number of piperidine rings is 1. The van der Waals surface area contributed by atoms with E-state index in [0.29, 0.717) is 25.9 Å². The Labute approximate surface area is 120 Å². The maximum Gasteiger partial charge on any atom is 0.416 e. The van der Waals surface area contributed by atoms with Crippen LogP contribution in [0.3, 0.4) is 0 Å². The van der Waals surface area contributed by atoms with Gasteiger partial charge in [-0.15, -0.1) is 0 Å². The molecule has 0 amide bonds. The summed E-state index contributed by atoms with van der Waals surface area (Å²) in [6.45, 7) is 3.75. The summed E-state index contributed by atoms with van der Waals surface area (Å²) >= 11 is 0. The summed E-state index contributed by atoms with van der Waals surface area (Å²) in [5.41, 5.74) is -2.08. The molecule has 1 saturated heterocycles. The number of hydrogen-bond donors (Lipinski definition) is 0. The lowest BCUT2D eigenvalue weighted by Crippen LogP contribution is -2.39. The first-order valence-electron chi connectivity index (χ1n) is 6.86. The minimum atomic E-state index is -4.49. The SMILES string of the molecule is Cc1cc(C(F)(F)F)cc(CN2CCC(C)(F)CC2)c1F. The van der Waals surface area contributed by atoms with Crippen molar-refractivity contribution in [3.05, 3.63) is 34.6 Å². The minimum Gasteiger partial charge on any atom is -0.299 e. The molecule has 0 saturated carbocycles. The lowest BCUT2D eigenvalue weighted by atomic mass is 9.95. The van der Waals surface area contributed by atoms with Crippen LogP contribution in [-0.4, -0.2) is 23.7 Å². The summed E-state index contributed by atoms with van der Waals surface area (Å²) < 4.78 is 66.0. The predicted molar refractivity (Wildman–Crippen MR) is 70.2 cm³/mol. The molecule has 0 bridgehead atoms. The van der Waals surface area contributed by atoms with Gasteiger partial charge < -0.3 is 0 Å². The second kappa shape index (κ2) is 5.55. The van der Waals surface area contributed by atoms with Gasteiger partial charge in [0.15, 0.2) is 0 Å². The molecule has 1 nitrogen and oxygen atoms in total. The first-order valence-corrected chi connectivity index (χ1v) is 6.86. The van der Waals surface area contributed by atoms with Crippen molar-refractivity contribution in [2.75, 3.05) is 13.1 Å². The van der Waals surface area contributed by atoms with E-state index in [4.69, 9.17) is 0 Å². The average molecular weight is 307 g/mol. The molecule has 0 radical (unpaired) electrons. The third-order valence-electron chi connectivity index (χ3n) is 3.95. The highest BCUT2D eigenvalue weighted by molar-refractivity contribution is 5.33. The largest absolute Gasteiger partial charge is 0.416 e. The molecule has 0 atom stereocenters. The maximum absolute atomic E-state index is 14.0. The highest BCUT2D eigenvalue weighted by atomic mass is 19.4. The van der Waals surface area contributed by atoms with Crippen LogP contribution in [0.2, 0.25) is 0 Å². The Bertz CT molecular complexity index is 512. The van der Waals surface area contributed by atoms with Gasteiger partial charge in [-0.2, -0.15) is 13.2 Å². The van der Waals surface area contributed by atoms with E-state index in [1.165, 1.54) is 13.8 Å². The van der Waals surface area contributed by atoms with E-state index < -0.39 is 23.2 Å². The van der Waals surface area contributed by atoms with Crippen molar-refractivity contribution in [2.45, 2.75) is 45.1 Å². The van der Waals surface area contributed by atoms with Gasteiger partial charge in [0.2, 0.25) is 0 Å². The minimum absolute atomic E-state index is 0.0183. The van der Waals surface area contributed by atoms with Crippen LogP contribution < -0.4 is 0 Å². The Kier molecular flexibility index (Phi) is 4.29. The molecule has 1 aromatic rings. The van der Waals surface area contributed by atoms with E-state index in [0.717, 1.165) is 12.1 Å². The lowest BCUT2D eigenvalue weighted by molar-refractivity contribution is -0.137. The van der Waals surface area contributed by atoms with Gasteiger partial charge in [0, 0.05) is 25.2 Å². The van der Waals surface area contributed by atoms with Gasteiger partial charge >= 0.3 is 6.18 Å². The van der Waals surface area contributed by atoms with Crippen LogP contribution in [0.15, 0.2) is 12.1 Å². The first kappa shape index (κ1) is 16.2.